The molecule has 1 aliphatic heterocycles. The highest BCUT2D eigenvalue weighted by Gasteiger charge is 2.24. The van der Waals surface area contributed by atoms with Crippen LogP contribution in [0, 0.1) is 17.8 Å². The Labute approximate surface area is 105 Å². The third-order valence-electron chi connectivity index (χ3n) is 4.54. The average molecular weight is 238 g/mol. The van der Waals surface area contributed by atoms with Gasteiger partial charge in [0, 0.05) is 12.5 Å². The normalized spacial score (nSPS) is 31.1. The Morgan fingerprint density at radius 2 is 1.88 bits per heavy atom. The highest BCUT2D eigenvalue weighted by atomic mass is 16.1. The van der Waals surface area contributed by atoms with Crippen molar-refractivity contribution in [2.24, 2.45) is 17.8 Å². The SMILES string of the molecule is CC1CCCCC1CNC(=O)C1CCNCC1. The summed E-state index contributed by atoms with van der Waals surface area (Å²) in [6.07, 6.45) is 7.37. The van der Waals surface area contributed by atoms with Gasteiger partial charge in [0.2, 0.25) is 5.91 Å². The van der Waals surface area contributed by atoms with Crippen molar-refractivity contribution in [1.29, 1.82) is 0 Å². The van der Waals surface area contributed by atoms with E-state index in [-0.39, 0.29) is 5.92 Å². The Kier molecular flexibility index (Phi) is 4.84. The molecule has 0 bridgehead atoms. The van der Waals surface area contributed by atoms with Crippen LogP contribution in [-0.2, 0) is 4.79 Å². The molecule has 1 heterocycles. The molecule has 0 spiro atoms. The van der Waals surface area contributed by atoms with Crippen LogP contribution in [-0.4, -0.2) is 25.5 Å². The van der Waals surface area contributed by atoms with Crippen molar-refractivity contribution in [2.45, 2.75) is 45.4 Å². The summed E-state index contributed by atoms with van der Waals surface area (Å²) in [6, 6.07) is 0. The van der Waals surface area contributed by atoms with E-state index in [0.717, 1.165) is 44.3 Å². The van der Waals surface area contributed by atoms with E-state index in [1.54, 1.807) is 0 Å². The molecule has 1 saturated heterocycles. The van der Waals surface area contributed by atoms with Crippen LogP contribution < -0.4 is 10.6 Å². The van der Waals surface area contributed by atoms with Gasteiger partial charge in [0.25, 0.3) is 0 Å². The highest BCUT2D eigenvalue weighted by molar-refractivity contribution is 5.78. The second-order valence-corrected chi connectivity index (χ2v) is 5.79. The highest BCUT2D eigenvalue weighted by Crippen LogP contribution is 2.29. The van der Waals surface area contributed by atoms with Crippen molar-refractivity contribution in [3.8, 4) is 0 Å². The van der Waals surface area contributed by atoms with E-state index >= 15 is 0 Å². The smallest absolute Gasteiger partial charge is 0.223 e. The van der Waals surface area contributed by atoms with Crippen LogP contribution in [0.15, 0.2) is 0 Å². The first-order valence-electron chi connectivity index (χ1n) is 7.26. The number of hydrogen-bond acceptors (Lipinski definition) is 2. The van der Waals surface area contributed by atoms with Crippen molar-refractivity contribution < 1.29 is 4.79 Å². The van der Waals surface area contributed by atoms with Gasteiger partial charge in [-0.3, -0.25) is 4.79 Å². The van der Waals surface area contributed by atoms with Crippen molar-refractivity contribution >= 4 is 5.91 Å². The van der Waals surface area contributed by atoms with Crippen LogP contribution in [0.2, 0.25) is 0 Å². The Bertz CT molecular complexity index is 249. The maximum absolute atomic E-state index is 12.0. The molecular formula is C14H26N2O. The van der Waals surface area contributed by atoms with Gasteiger partial charge < -0.3 is 10.6 Å². The Hall–Kier alpha value is -0.570. The minimum absolute atomic E-state index is 0.259. The van der Waals surface area contributed by atoms with Gasteiger partial charge in [0.1, 0.15) is 0 Å². The molecule has 0 radical (unpaired) electrons. The van der Waals surface area contributed by atoms with E-state index < -0.39 is 0 Å². The summed E-state index contributed by atoms with van der Waals surface area (Å²) in [5.41, 5.74) is 0. The quantitative estimate of drug-likeness (QED) is 0.789. The molecule has 17 heavy (non-hydrogen) atoms. The molecule has 2 unspecified atom stereocenters. The summed E-state index contributed by atoms with van der Waals surface area (Å²) >= 11 is 0. The van der Waals surface area contributed by atoms with Gasteiger partial charge in [-0.1, -0.05) is 26.2 Å². The number of amides is 1. The molecule has 98 valence electrons. The fourth-order valence-electron chi connectivity index (χ4n) is 3.16. The van der Waals surface area contributed by atoms with Gasteiger partial charge in [-0.2, -0.15) is 0 Å². The molecule has 0 aromatic heterocycles. The first-order valence-corrected chi connectivity index (χ1v) is 7.26. The maximum atomic E-state index is 12.0. The standard InChI is InChI=1S/C14H26N2O/c1-11-4-2-3-5-13(11)10-16-14(17)12-6-8-15-9-7-12/h11-13,15H,2-10H2,1H3,(H,16,17). The molecule has 1 aliphatic carbocycles. The van der Waals surface area contributed by atoms with Gasteiger partial charge in [-0.25, -0.2) is 0 Å². The van der Waals surface area contributed by atoms with Gasteiger partial charge >= 0.3 is 0 Å². The summed E-state index contributed by atoms with van der Waals surface area (Å²) in [6.45, 7) is 5.24. The van der Waals surface area contributed by atoms with Gasteiger partial charge in [0.15, 0.2) is 0 Å². The minimum atomic E-state index is 0.259. The predicted molar refractivity (Wildman–Crippen MR) is 69.7 cm³/mol. The zero-order valence-corrected chi connectivity index (χ0v) is 11.0. The minimum Gasteiger partial charge on any atom is -0.356 e. The predicted octanol–water partition coefficient (Wildman–Crippen LogP) is 1.93. The lowest BCUT2D eigenvalue weighted by Crippen LogP contribution is -2.41. The number of piperidine rings is 1. The molecule has 1 saturated carbocycles. The lowest BCUT2D eigenvalue weighted by molar-refractivity contribution is -0.126. The van der Waals surface area contributed by atoms with E-state index in [0.29, 0.717) is 5.91 Å². The van der Waals surface area contributed by atoms with E-state index in [4.69, 9.17) is 0 Å². The van der Waals surface area contributed by atoms with Gasteiger partial charge in [0.05, 0.1) is 0 Å². The molecule has 2 N–H and O–H groups in total. The molecule has 2 atom stereocenters. The zero-order valence-electron chi connectivity index (χ0n) is 11.0. The average Bonchev–Trinajstić information content (AvgIpc) is 2.38. The zero-order chi connectivity index (χ0) is 12.1. The number of nitrogens with one attached hydrogen (secondary N) is 2. The molecule has 2 aliphatic rings. The number of rotatable bonds is 3. The van der Waals surface area contributed by atoms with Crippen LogP contribution in [0.1, 0.15) is 45.4 Å². The second kappa shape index (κ2) is 6.39. The summed E-state index contributed by atoms with van der Waals surface area (Å²) in [5.74, 6) is 2.06. The third kappa shape index (κ3) is 3.70. The Balaban J connectivity index is 1.71. The molecular weight excluding hydrogens is 212 g/mol. The Morgan fingerprint density at radius 1 is 1.18 bits per heavy atom. The van der Waals surface area contributed by atoms with Crippen LogP contribution in [0.25, 0.3) is 0 Å². The molecule has 2 fully saturated rings. The molecule has 0 aromatic carbocycles. The van der Waals surface area contributed by atoms with Crippen molar-refractivity contribution in [3.05, 3.63) is 0 Å². The Morgan fingerprint density at radius 3 is 2.59 bits per heavy atom. The summed E-state index contributed by atoms with van der Waals surface area (Å²) in [5, 5.41) is 6.49. The topological polar surface area (TPSA) is 41.1 Å². The fraction of sp³-hybridized carbons (Fsp3) is 0.929. The van der Waals surface area contributed by atoms with Crippen LogP contribution in [0.4, 0.5) is 0 Å². The summed E-state index contributed by atoms with van der Waals surface area (Å²) in [7, 11) is 0. The van der Waals surface area contributed by atoms with Crippen LogP contribution in [0.5, 0.6) is 0 Å². The van der Waals surface area contributed by atoms with E-state index in [9.17, 15) is 4.79 Å². The number of carbonyl (C=O) groups is 1. The first kappa shape index (κ1) is 12.9. The number of hydrogen-bond donors (Lipinski definition) is 2. The molecule has 0 aromatic rings. The van der Waals surface area contributed by atoms with Crippen molar-refractivity contribution in [2.75, 3.05) is 19.6 Å². The van der Waals surface area contributed by atoms with E-state index in [1.807, 2.05) is 0 Å². The van der Waals surface area contributed by atoms with Crippen molar-refractivity contribution in [3.63, 3.8) is 0 Å². The molecule has 2 rings (SSSR count). The van der Waals surface area contributed by atoms with Crippen molar-refractivity contribution in [1.82, 2.24) is 10.6 Å². The van der Waals surface area contributed by atoms with Gasteiger partial charge in [-0.05, 0) is 44.2 Å². The first-order chi connectivity index (χ1) is 8.27. The van der Waals surface area contributed by atoms with Gasteiger partial charge in [-0.15, -0.1) is 0 Å². The fourth-order valence-corrected chi connectivity index (χ4v) is 3.16. The van der Waals surface area contributed by atoms with Crippen LogP contribution >= 0.6 is 0 Å². The third-order valence-corrected chi connectivity index (χ3v) is 4.54. The van der Waals surface area contributed by atoms with E-state index in [1.165, 1.54) is 25.7 Å². The van der Waals surface area contributed by atoms with Crippen LogP contribution in [0.3, 0.4) is 0 Å². The lowest BCUT2D eigenvalue weighted by atomic mass is 9.80. The van der Waals surface area contributed by atoms with E-state index in [2.05, 4.69) is 17.6 Å². The number of carbonyl (C=O) groups excluding carboxylic acids is 1. The second-order valence-electron chi connectivity index (χ2n) is 5.79. The monoisotopic (exact) mass is 238 g/mol. The largest absolute Gasteiger partial charge is 0.356 e. The maximum Gasteiger partial charge on any atom is 0.223 e. The lowest BCUT2D eigenvalue weighted by Gasteiger charge is -2.30. The summed E-state index contributed by atoms with van der Waals surface area (Å²) < 4.78 is 0. The molecule has 1 amide bonds. The molecule has 3 heteroatoms. The summed E-state index contributed by atoms with van der Waals surface area (Å²) in [4.78, 5) is 12.0. The molecule has 3 nitrogen and oxygen atoms in total.